The number of rotatable bonds is 3. The zero-order valence-electron chi connectivity index (χ0n) is 8.80. The zero-order valence-corrected chi connectivity index (χ0v) is 12.0. The SMILES string of the molecule is O=S(=O)(c1cccs1)N1CCC(CBr)CC1. The quantitative estimate of drug-likeness (QED) is 0.802. The third-order valence-corrected chi connectivity index (χ3v) is 7.07. The van der Waals surface area contributed by atoms with E-state index in [1.54, 1.807) is 21.8 Å². The van der Waals surface area contributed by atoms with Gasteiger partial charge in [-0.2, -0.15) is 4.31 Å². The second kappa shape index (κ2) is 5.16. The van der Waals surface area contributed by atoms with Gasteiger partial charge in [0.2, 0.25) is 0 Å². The van der Waals surface area contributed by atoms with Gasteiger partial charge < -0.3 is 0 Å². The monoisotopic (exact) mass is 323 g/mol. The van der Waals surface area contributed by atoms with E-state index >= 15 is 0 Å². The number of nitrogens with zero attached hydrogens (tertiary/aromatic N) is 1. The first kappa shape index (κ1) is 12.5. The Morgan fingerprint density at radius 3 is 2.62 bits per heavy atom. The zero-order chi connectivity index (χ0) is 11.6. The van der Waals surface area contributed by atoms with Gasteiger partial charge in [-0.25, -0.2) is 8.42 Å². The van der Waals surface area contributed by atoms with E-state index < -0.39 is 10.0 Å². The summed E-state index contributed by atoms with van der Waals surface area (Å²) < 4.78 is 26.4. The Kier molecular flexibility index (Phi) is 4.05. The van der Waals surface area contributed by atoms with E-state index in [1.807, 2.05) is 0 Å². The Balaban J connectivity index is 2.09. The van der Waals surface area contributed by atoms with Gasteiger partial charge >= 0.3 is 0 Å². The first-order valence-corrected chi connectivity index (χ1v) is 8.68. The Morgan fingerprint density at radius 2 is 2.12 bits per heavy atom. The van der Waals surface area contributed by atoms with Gasteiger partial charge in [0, 0.05) is 18.4 Å². The van der Waals surface area contributed by atoms with Gasteiger partial charge in [-0.05, 0) is 30.2 Å². The van der Waals surface area contributed by atoms with Crippen LogP contribution in [0.15, 0.2) is 21.7 Å². The second-order valence-electron chi connectivity index (χ2n) is 3.93. The lowest BCUT2D eigenvalue weighted by atomic mass is 10.0. The highest BCUT2D eigenvalue weighted by molar-refractivity contribution is 9.09. The predicted octanol–water partition coefficient (Wildman–Crippen LogP) is 2.54. The number of hydrogen-bond donors (Lipinski definition) is 0. The molecule has 1 aliphatic rings. The third-order valence-electron chi connectivity index (χ3n) is 2.88. The van der Waals surface area contributed by atoms with Crippen molar-refractivity contribution in [3.05, 3.63) is 17.5 Å². The molecule has 0 spiro atoms. The molecule has 0 bridgehead atoms. The molecule has 0 aromatic carbocycles. The van der Waals surface area contributed by atoms with Crippen LogP contribution in [0.3, 0.4) is 0 Å². The van der Waals surface area contributed by atoms with Crippen molar-refractivity contribution >= 4 is 37.3 Å². The molecule has 1 aromatic heterocycles. The van der Waals surface area contributed by atoms with E-state index in [0.717, 1.165) is 18.2 Å². The van der Waals surface area contributed by atoms with Crippen molar-refractivity contribution in [3.8, 4) is 0 Å². The molecule has 1 aliphatic heterocycles. The average Bonchev–Trinajstić information content (AvgIpc) is 2.83. The minimum absolute atomic E-state index is 0.463. The molecule has 0 atom stereocenters. The summed E-state index contributed by atoms with van der Waals surface area (Å²) in [6, 6.07) is 3.46. The van der Waals surface area contributed by atoms with Crippen molar-refractivity contribution in [2.75, 3.05) is 18.4 Å². The van der Waals surface area contributed by atoms with Gasteiger partial charge in [-0.15, -0.1) is 11.3 Å². The first-order valence-electron chi connectivity index (χ1n) is 5.24. The van der Waals surface area contributed by atoms with Crippen molar-refractivity contribution < 1.29 is 8.42 Å². The fourth-order valence-corrected chi connectivity index (χ4v) is 5.10. The van der Waals surface area contributed by atoms with Crippen LogP contribution in [0.1, 0.15) is 12.8 Å². The van der Waals surface area contributed by atoms with Crippen LogP contribution >= 0.6 is 27.3 Å². The molecular formula is C10H14BrNO2S2. The third kappa shape index (κ3) is 2.50. The molecule has 6 heteroatoms. The summed E-state index contributed by atoms with van der Waals surface area (Å²) in [6.45, 7) is 1.30. The van der Waals surface area contributed by atoms with Gasteiger partial charge in [0.15, 0.2) is 0 Å². The van der Waals surface area contributed by atoms with Crippen molar-refractivity contribution in [2.24, 2.45) is 5.92 Å². The Labute approximate surface area is 109 Å². The smallest absolute Gasteiger partial charge is 0.206 e. The summed E-state index contributed by atoms with van der Waals surface area (Å²) in [4.78, 5) is 0. The van der Waals surface area contributed by atoms with Crippen LogP contribution in [0.4, 0.5) is 0 Å². The molecule has 0 aliphatic carbocycles. The second-order valence-corrected chi connectivity index (χ2v) is 7.69. The van der Waals surface area contributed by atoms with Crippen molar-refractivity contribution in [2.45, 2.75) is 17.1 Å². The fourth-order valence-electron chi connectivity index (χ4n) is 1.84. The van der Waals surface area contributed by atoms with E-state index in [0.29, 0.717) is 23.2 Å². The van der Waals surface area contributed by atoms with E-state index in [4.69, 9.17) is 0 Å². The first-order chi connectivity index (χ1) is 7.64. The average molecular weight is 324 g/mol. The number of halogens is 1. The number of alkyl halides is 1. The molecule has 0 saturated carbocycles. The minimum atomic E-state index is -3.21. The lowest BCUT2D eigenvalue weighted by molar-refractivity contribution is 0.292. The molecular weight excluding hydrogens is 310 g/mol. The van der Waals surface area contributed by atoms with E-state index in [2.05, 4.69) is 15.9 Å². The molecule has 0 amide bonds. The van der Waals surface area contributed by atoms with Gasteiger partial charge in [0.25, 0.3) is 10.0 Å². The van der Waals surface area contributed by atoms with Gasteiger partial charge in [0.05, 0.1) is 0 Å². The van der Waals surface area contributed by atoms with Crippen LogP contribution in [0.25, 0.3) is 0 Å². The highest BCUT2D eigenvalue weighted by atomic mass is 79.9. The van der Waals surface area contributed by atoms with Crippen LogP contribution in [-0.4, -0.2) is 31.1 Å². The lowest BCUT2D eigenvalue weighted by Gasteiger charge is -2.29. The largest absolute Gasteiger partial charge is 0.252 e. The molecule has 1 fully saturated rings. The van der Waals surface area contributed by atoms with E-state index in [1.165, 1.54) is 11.3 Å². The Morgan fingerprint density at radius 1 is 1.44 bits per heavy atom. The molecule has 3 nitrogen and oxygen atoms in total. The summed E-state index contributed by atoms with van der Waals surface area (Å²) in [5.41, 5.74) is 0. The topological polar surface area (TPSA) is 37.4 Å². The molecule has 0 unspecified atom stereocenters. The maximum absolute atomic E-state index is 12.2. The number of hydrogen-bond acceptors (Lipinski definition) is 3. The van der Waals surface area contributed by atoms with Crippen molar-refractivity contribution in [3.63, 3.8) is 0 Å². The summed E-state index contributed by atoms with van der Waals surface area (Å²) in [5.74, 6) is 0.620. The fraction of sp³-hybridized carbons (Fsp3) is 0.600. The molecule has 0 radical (unpaired) electrons. The molecule has 1 saturated heterocycles. The van der Waals surface area contributed by atoms with Crippen molar-refractivity contribution in [1.82, 2.24) is 4.31 Å². The predicted molar refractivity (Wildman–Crippen MR) is 69.6 cm³/mol. The standard InChI is InChI=1S/C10H14BrNO2S2/c11-8-9-3-5-12(6-4-9)16(13,14)10-2-1-7-15-10/h1-2,7,9H,3-6,8H2. The number of sulfonamides is 1. The van der Waals surface area contributed by atoms with E-state index in [-0.39, 0.29) is 0 Å². The summed E-state index contributed by atoms with van der Waals surface area (Å²) >= 11 is 4.75. The number of piperidine rings is 1. The maximum atomic E-state index is 12.2. The van der Waals surface area contributed by atoms with Crippen LogP contribution in [-0.2, 0) is 10.0 Å². The van der Waals surface area contributed by atoms with Crippen LogP contribution in [0.2, 0.25) is 0 Å². The molecule has 2 rings (SSSR count). The van der Waals surface area contributed by atoms with E-state index in [9.17, 15) is 8.42 Å². The molecule has 90 valence electrons. The highest BCUT2D eigenvalue weighted by Gasteiger charge is 2.29. The lowest BCUT2D eigenvalue weighted by Crippen LogP contribution is -2.38. The Bertz CT molecular complexity index is 422. The number of thiophene rings is 1. The van der Waals surface area contributed by atoms with Gasteiger partial charge in [-0.3, -0.25) is 0 Å². The summed E-state index contributed by atoms with van der Waals surface area (Å²) in [5, 5.41) is 2.78. The summed E-state index contributed by atoms with van der Waals surface area (Å²) in [7, 11) is -3.21. The molecule has 2 heterocycles. The normalized spacial score (nSPS) is 20.1. The Hall–Kier alpha value is 0.0900. The van der Waals surface area contributed by atoms with Gasteiger partial charge in [-0.1, -0.05) is 22.0 Å². The maximum Gasteiger partial charge on any atom is 0.252 e. The minimum Gasteiger partial charge on any atom is -0.206 e. The van der Waals surface area contributed by atoms with Crippen LogP contribution < -0.4 is 0 Å². The molecule has 0 N–H and O–H groups in total. The summed E-state index contributed by atoms with van der Waals surface area (Å²) in [6.07, 6.45) is 1.91. The molecule has 1 aromatic rings. The van der Waals surface area contributed by atoms with Crippen molar-refractivity contribution in [1.29, 1.82) is 0 Å². The molecule has 16 heavy (non-hydrogen) atoms. The highest BCUT2D eigenvalue weighted by Crippen LogP contribution is 2.26. The van der Waals surface area contributed by atoms with Crippen LogP contribution in [0, 0.1) is 5.92 Å². The van der Waals surface area contributed by atoms with Gasteiger partial charge in [0.1, 0.15) is 4.21 Å². The van der Waals surface area contributed by atoms with Crippen LogP contribution in [0.5, 0.6) is 0 Å².